The second kappa shape index (κ2) is 4.32. The van der Waals surface area contributed by atoms with Gasteiger partial charge in [0, 0.05) is 7.11 Å². The molecule has 0 aliphatic heterocycles. The van der Waals surface area contributed by atoms with E-state index >= 15 is 0 Å². The largest absolute Gasteiger partial charge is 0.480 e. The molecule has 1 N–H and O–H groups in total. The standard InChI is InChI=1S/C6H13NO2/c1-4-9-6(7)5(2)8-3/h5,7H,4H2,1-3H3. The number of methoxy groups -OCH3 is 1. The van der Waals surface area contributed by atoms with Crippen LogP contribution in [0.4, 0.5) is 0 Å². The molecule has 0 bridgehead atoms. The van der Waals surface area contributed by atoms with E-state index in [1.165, 1.54) is 0 Å². The van der Waals surface area contributed by atoms with Gasteiger partial charge in [-0.15, -0.1) is 0 Å². The number of hydrogen-bond donors (Lipinski definition) is 1. The van der Waals surface area contributed by atoms with Crippen molar-refractivity contribution in [1.82, 2.24) is 0 Å². The Morgan fingerprint density at radius 2 is 2.22 bits per heavy atom. The molecule has 54 valence electrons. The molecule has 1 atom stereocenters. The molecule has 0 rings (SSSR count). The zero-order valence-electron chi connectivity index (χ0n) is 6.10. The van der Waals surface area contributed by atoms with E-state index in [0.29, 0.717) is 6.61 Å². The first-order valence-corrected chi connectivity index (χ1v) is 2.96. The van der Waals surface area contributed by atoms with Crippen molar-refractivity contribution in [2.45, 2.75) is 20.0 Å². The predicted molar refractivity (Wildman–Crippen MR) is 35.8 cm³/mol. The minimum Gasteiger partial charge on any atom is -0.480 e. The molecule has 0 fully saturated rings. The summed E-state index contributed by atoms with van der Waals surface area (Å²) in [6.45, 7) is 4.15. The van der Waals surface area contributed by atoms with E-state index in [-0.39, 0.29) is 12.0 Å². The van der Waals surface area contributed by atoms with Crippen molar-refractivity contribution in [3.8, 4) is 0 Å². The van der Waals surface area contributed by atoms with Crippen LogP contribution in [0.5, 0.6) is 0 Å². The van der Waals surface area contributed by atoms with Gasteiger partial charge in [-0.1, -0.05) is 0 Å². The highest BCUT2D eigenvalue weighted by molar-refractivity contribution is 5.77. The fourth-order valence-electron chi connectivity index (χ4n) is 0.380. The first-order valence-electron chi connectivity index (χ1n) is 2.96. The van der Waals surface area contributed by atoms with E-state index in [2.05, 4.69) is 0 Å². The molecule has 0 amide bonds. The third kappa shape index (κ3) is 3.08. The highest BCUT2D eigenvalue weighted by Crippen LogP contribution is 1.91. The summed E-state index contributed by atoms with van der Waals surface area (Å²) in [6, 6.07) is 0. The molecule has 0 saturated carbocycles. The van der Waals surface area contributed by atoms with Crippen LogP contribution in [-0.2, 0) is 9.47 Å². The maximum absolute atomic E-state index is 7.15. The maximum Gasteiger partial charge on any atom is 0.210 e. The second-order valence-electron chi connectivity index (χ2n) is 1.68. The van der Waals surface area contributed by atoms with E-state index in [0.717, 1.165) is 0 Å². The van der Waals surface area contributed by atoms with Gasteiger partial charge in [0.05, 0.1) is 6.61 Å². The molecule has 3 heteroatoms. The Morgan fingerprint density at radius 3 is 2.56 bits per heavy atom. The molecule has 0 heterocycles. The lowest BCUT2D eigenvalue weighted by Gasteiger charge is -2.09. The Labute approximate surface area is 55.5 Å². The van der Waals surface area contributed by atoms with Gasteiger partial charge in [0.1, 0.15) is 6.10 Å². The Kier molecular flexibility index (Phi) is 4.05. The average Bonchev–Trinajstić information content (AvgIpc) is 1.87. The molecule has 0 aromatic carbocycles. The Bertz CT molecular complexity index is 93.1. The zero-order valence-corrected chi connectivity index (χ0v) is 6.10. The molecule has 0 spiro atoms. The molecule has 0 aromatic heterocycles. The van der Waals surface area contributed by atoms with Crippen LogP contribution >= 0.6 is 0 Å². The fourth-order valence-corrected chi connectivity index (χ4v) is 0.380. The lowest BCUT2D eigenvalue weighted by atomic mass is 10.4. The predicted octanol–water partition coefficient (Wildman–Crippen LogP) is 1.04. The third-order valence-electron chi connectivity index (χ3n) is 1.02. The molecule has 0 radical (unpaired) electrons. The number of hydrogen-bond acceptors (Lipinski definition) is 3. The van der Waals surface area contributed by atoms with Gasteiger partial charge in [0.25, 0.3) is 0 Å². The number of rotatable bonds is 3. The van der Waals surface area contributed by atoms with E-state index in [1.807, 2.05) is 6.92 Å². The monoisotopic (exact) mass is 131 g/mol. The van der Waals surface area contributed by atoms with Crippen LogP contribution in [0, 0.1) is 5.41 Å². The lowest BCUT2D eigenvalue weighted by Crippen LogP contribution is -2.20. The van der Waals surface area contributed by atoms with E-state index in [1.54, 1.807) is 14.0 Å². The van der Waals surface area contributed by atoms with Gasteiger partial charge in [0.2, 0.25) is 5.90 Å². The van der Waals surface area contributed by atoms with Crippen molar-refractivity contribution in [2.75, 3.05) is 13.7 Å². The van der Waals surface area contributed by atoms with Crippen molar-refractivity contribution in [3.05, 3.63) is 0 Å². The van der Waals surface area contributed by atoms with Gasteiger partial charge in [-0.25, -0.2) is 0 Å². The topological polar surface area (TPSA) is 42.3 Å². The Morgan fingerprint density at radius 1 is 1.67 bits per heavy atom. The molecular formula is C6H13NO2. The van der Waals surface area contributed by atoms with Gasteiger partial charge in [-0.3, -0.25) is 5.41 Å². The molecule has 1 unspecified atom stereocenters. The maximum atomic E-state index is 7.15. The summed E-state index contributed by atoms with van der Waals surface area (Å²) in [5.74, 6) is 0.194. The van der Waals surface area contributed by atoms with Crippen LogP contribution < -0.4 is 0 Å². The van der Waals surface area contributed by atoms with Crippen molar-refractivity contribution in [2.24, 2.45) is 0 Å². The quantitative estimate of drug-likeness (QED) is 0.459. The highest BCUT2D eigenvalue weighted by atomic mass is 16.5. The molecule has 9 heavy (non-hydrogen) atoms. The molecule has 3 nitrogen and oxygen atoms in total. The molecule has 0 saturated heterocycles. The SMILES string of the molecule is CCOC(=N)C(C)OC. The molecule has 0 aliphatic rings. The number of nitrogens with one attached hydrogen (secondary N) is 1. The summed E-state index contributed by atoms with van der Waals surface area (Å²) in [4.78, 5) is 0. The van der Waals surface area contributed by atoms with E-state index < -0.39 is 0 Å². The van der Waals surface area contributed by atoms with Crippen molar-refractivity contribution in [3.63, 3.8) is 0 Å². The molecule has 0 aromatic rings. The smallest absolute Gasteiger partial charge is 0.210 e. The van der Waals surface area contributed by atoms with E-state index in [9.17, 15) is 0 Å². The van der Waals surface area contributed by atoms with Crippen LogP contribution in [-0.4, -0.2) is 25.7 Å². The number of ether oxygens (including phenoxy) is 2. The highest BCUT2D eigenvalue weighted by Gasteiger charge is 2.05. The van der Waals surface area contributed by atoms with Gasteiger partial charge in [-0.2, -0.15) is 0 Å². The van der Waals surface area contributed by atoms with Gasteiger partial charge in [0.15, 0.2) is 0 Å². The first kappa shape index (κ1) is 8.43. The summed E-state index contributed by atoms with van der Waals surface area (Å²) in [6.07, 6.45) is -0.218. The van der Waals surface area contributed by atoms with Crippen molar-refractivity contribution < 1.29 is 9.47 Å². The van der Waals surface area contributed by atoms with Crippen LogP contribution in [0.2, 0.25) is 0 Å². The van der Waals surface area contributed by atoms with Gasteiger partial charge < -0.3 is 9.47 Å². The normalized spacial score (nSPS) is 12.8. The molecular weight excluding hydrogens is 118 g/mol. The average molecular weight is 131 g/mol. The van der Waals surface area contributed by atoms with Crippen LogP contribution in [0.15, 0.2) is 0 Å². The minimum absolute atomic E-state index is 0.194. The summed E-state index contributed by atoms with van der Waals surface area (Å²) in [7, 11) is 1.55. The first-order chi connectivity index (χ1) is 4.22. The molecule has 0 aliphatic carbocycles. The van der Waals surface area contributed by atoms with Crippen LogP contribution in [0.1, 0.15) is 13.8 Å². The van der Waals surface area contributed by atoms with Crippen LogP contribution in [0.3, 0.4) is 0 Å². The van der Waals surface area contributed by atoms with Gasteiger partial charge in [-0.05, 0) is 13.8 Å². The summed E-state index contributed by atoms with van der Waals surface area (Å²) in [5, 5.41) is 7.15. The van der Waals surface area contributed by atoms with Crippen molar-refractivity contribution >= 4 is 5.90 Å². The minimum atomic E-state index is -0.218. The zero-order chi connectivity index (χ0) is 7.28. The van der Waals surface area contributed by atoms with Crippen molar-refractivity contribution in [1.29, 1.82) is 5.41 Å². The lowest BCUT2D eigenvalue weighted by molar-refractivity contribution is 0.139. The van der Waals surface area contributed by atoms with Crippen LogP contribution in [0.25, 0.3) is 0 Å². The second-order valence-corrected chi connectivity index (χ2v) is 1.68. The summed E-state index contributed by atoms with van der Waals surface area (Å²) in [5.41, 5.74) is 0. The fraction of sp³-hybridized carbons (Fsp3) is 0.833. The summed E-state index contributed by atoms with van der Waals surface area (Å²) >= 11 is 0. The van der Waals surface area contributed by atoms with Gasteiger partial charge >= 0.3 is 0 Å². The summed E-state index contributed by atoms with van der Waals surface area (Å²) < 4.78 is 9.67. The Hall–Kier alpha value is -0.570. The Balaban J connectivity index is 3.46. The van der Waals surface area contributed by atoms with E-state index in [4.69, 9.17) is 14.9 Å². The third-order valence-corrected chi connectivity index (χ3v) is 1.02.